The van der Waals surface area contributed by atoms with Crippen LogP contribution in [-0.4, -0.2) is 37.7 Å². The van der Waals surface area contributed by atoms with Crippen molar-refractivity contribution in [2.24, 2.45) is 11.8 Å². The van der Waals surface area contributed by atoms with Crippen molar-refractivity contribution >= 4 is 5.91 Å². The summed E-state index contributed by atoms with van der Waals surface area (Å²) in [4.78, 5) is 12.1. The Balaban J connectivity index is 1.91. The Kier molecular flexibility index (Phi) is 3.22. The molecule has 2 aliphatic rings. The highest BCUT2D eigenvalue weighted by molar-refractivity contribution is 5.80. The van der Waals surface area contributed by atoms with Gasteiger partial charge in [0.1, 0.15) is 0 Å². The maximum atomic E-state index is 12.1. The van der Waals surface area contributed by atoms with Crippen LogP contribution in [0.15, 0.2) is 0 Å². The fraction of sp³-hybridized carbons (Fsp3) is 0.917. The van der Waals surface area contributed by atoms with Crippen LogP contribution >= 0.6 is 0 Å². The number of carbonyl (C=O) groups excluding carboxylic acids is 1. The first kappa shape index (κ1) is 11.9. The van der Waals surface area contributed by atoms with Gasteiger partial charge in [-0.25, -0.2) is 0 Å². The Morgan fingerprint density at radius 3 is 2.56 bits per heavy atom. The average Bonchev–Trinajstić information content (AvgIpc) is 2.96. The summed E-state index contributed by atoms with van der Waals surface area (Å²) in [6, 6.07) is 0.162. The molecule has 2 N–H and O–H groups in total. The second kappa shape index (κ2) is 4.34. The molecule has 92 valence electrons. The number of hydrogen-bond donors (Lipinski definition) is 2. The van der Waals surface area contributed by atoms with Crippen LogP contribution in [0.2, 0.25) is 0 Å². The van der Waals surface area contributed by atoms with E-state index in [0.717, 1.165) is 0 Å². The van der Waals surface area contributed by atoms with Crippen LogP contribution in [0, 0.1) is 11.8 Å². The Morgan fingerprint density at radius 2 is 2.00 bits per heavy atom. The van der Waals surface area contributed by atoms with Gasteiger partial charge in [-0.1, -0.05) is 0 Å². The fourth-order valence-corrected chi connectivity index (χ4v) is 2.41. The second-order valence-corrected chi connectivity index (χ2v) is 5.52. The van der Waals surface area contributed by atoms with Crippen LogP contribution in [0.25, 0.3) is 0 Å². The minimum atomic E-state index is -0.0576. The Morgan fingerprint density at radius 1 is 1.31 bits per heavy atom. The molecule has 4 nitrogen and oxygen atoms in total. The van der Waals surface area contributed by atoms with E-state index in [4.69, 9.17) is 4.74 Å². The van der Waals surface area contributed by atoms with Crippen molar-refractivity contribution < 1.29 is 9.53 Å². The summed E-state index contributed by atoms with van der Waals surface area (Å²) in [5.74, 6) is 0.753. The van der Waals surface area contributed by atoms with Crippen molar-refractivity contribution in [2.45, 2.75) is 38.3 Å². The van der Waals surface area contributed by atoms with Crippen molar-refractivity contribution in [2.75, 3.05) is 20.3 Å². The lowest BCUT2D eigenvalue weighted by Gasteiger charge is -2.28. The van der Waals surface area contributed by atoms with E-state index in [1.165, 1.54) is 12.8 Å². The van der Waals surface area contributed by atoms with Gasteiger partial charge in [-0.15, -0.1) is 0 Å². The molecule has 2 fully saturated rings. The van der Waals surface area contributed by atoms with Gasteiger partial charge in [0.05, 0.1) is 19.1 Å². The molecule has 1 amide bonds. The van der Waals surface area contributed by atoms with Gasteiger partial charge in [-0.3, -0.25) is 4.79 Å². The van der Waals surface area contributed by atoms with Gasteiger partial charge in [-0.05, 0) is 39.7 Å². The normalized spacial score (nSPS) is 30.4. The van der Waals surface area contributed by atoms with Gasteiger partial charge in [0.25, 0.3) is 0 Å². The van der Waals surface area contributed by atoms with Crippen molar-refractivity contribution in [3.63, 3.8) is 0 Å². The predicted molar refractivity (Wildman–Crippen MR) is 62.1 cm³/mol. The molecule has 0 radical (unpaired) electrons. The van der Waals surface area contributed by atoms with Crippen molar-refractivity contribution in [3.8, 4) is 0 Å². The molecule has 1 aliphatic heterocycles. The summed E-state index contributed by atoms with van der Waals surface area (Å²) >= 11 is 0. The minimum Gasteiger partial charge on any atom is -0.379 e. The number of likely N-dealkylation sites (N-methyl/N-ethyl adjacent to an activating group) is 1. The zero-order chi connectivity index (χ0) is 11.8. The van der Waals surface area contributed by atoms with E-state index in [2.05, 4.69) is 24.5 Å². The smallest absolute Gasteiger partial charge is 0.227 e. The highest BCUT2D eigenvalue weighted by Gasteiger charge is 2.41. The van der Waals surface area contributed by atoms with E-state index in [-0.39, 0.29) is 23.4 Å². The third kappa shape index (κ3) is 2.38. The van der Waals surface area contributed by atoms with Gasteiger partial charge < -0.3 is 15.4 Å². The third-order valence-electron chi connectivity index (χ3n) is 3.83. The first-order valence-corrected chi connectivity index (χ1v) is 6.11. The van der Waals surface area contributed by atoms with Crippen LogP contribution in [0.5, 0.6) is 0 Å². The summed E-state index contributed by atoms with van der Waals surface area (Å²) in [6.45, 7) is 5.41. The van der Waals surface area contributed by atoms with Gasteiger partial charge in [0.2, 0.25) is 5.91 Å². The number of nitrogens with one attached hydrogen (secondary N) is 2. The zero-order valence-corrected chi connectivity index (χ0v) is 10.4. The fourth-order valence-electron chi connectivity index (χ4n) is 2.41. The lowest BCUT2D eigenvalue weighted by molar-refractivity contribution is -0.127. The molecule has 0 spiro atoms. The van der Waals surface area contributed by atoms with E-state index in [0.29, 0.717) is 19.1 Å². The zero-order valence-electron chi connectivity index (χ0n) is 10.4. The second-order valence-electron chi connectivity index (χ2n) is 5.52. The Hall–Kier alpha value is -0.610. The molecule has 0 aromatic rings. The largest absolute Gasteiger partial charge is 0.379 e. The molecule has 16 heavy (non-hydrogen) atoms. The van der Waals surface area contributed by atoms with Gasteiger partial charge in [-0.2, -0.15) is 0 Å². The highest BCUT2D eigenvalue weighted by atomic mass is 16.5. The molecule has 1 saturated carbocycles. The Labute approximate surface area is 97.1 Å². The van der Waals surface area contributed by atoms with Gasteiger partial charge in [0.15, 0.2) is 0 Å². The van der Waals surface area contributed by atoms with Crippen molar-refractivity contribution in [1.82, 2.24) is 10.6 Å². The summed E-state index contributed by atoms with van der Waals surface area (Å²) in [6.07, 6.45) is 2.48. The first-order chi connectivity index (χ1) is 7.54. The van der Waals surface area contributed by atoms with Crippen LogP contribution in [0.4, 0.5) is 0 Å². The molecule has 0 aromatic heterocycles. The van der Waals surface area contributed by atoms with E-state index < -0.39 is 0 Å². The quantitative estimate of drug-likeness (QED) is 0.735. The predicted octanol–water partition coefficient (Wildman–Crippen LogP) is 0.526. The molecule has 2 unspecified atom stereocenters. The van der Waals surface area contributed by atoms with Crippen LogP contribution in [-0.2, 0) is 9.53 Å². The number of hydrogen-bond acceptors (Lipinski definition) is 3. The minimum absolute atomic E-state index is 0.0389. The molecule has 1 saturated heterocycles. The molecular weight excluding hydrogens is 204 g/mol. The molecular formula is C12H22N2O2. The van der Waals surface area contributed by atoms with E-state index >= 15 is 0 Å². The standard InChI is InChI=1S/C12H22N2O2/c1-12(2,8-4-5-8)14-11(15)9-6-16-7-10(9)13-3/h8-10,13H,4-7H2,1-3H3,(H,14,15). The summed E-state index contributed by atoms with van der Waals surface area (Å²) in [7, 11) is 1.88. The maximum Gasteiger partial charge on any atom is 0.227 e. The summed E-state index contributed by atoms with van der Waals surface area (Å²) in [5, 5.41) is 6.31. The highest BCUT2D eigenvalue weighted by Crippen LogP contribution is 2.39. The topological polar surface area (TPSA) is 50.4 Å². The molecule has 0 aromatic carbocycles. The van der Waals surface area contributed by atoms with Gasteiger partial charge in [0, 0.05) is 11.6 Å². The number of amides is 1. The van der Waals surface area contributed by atoms with Crippen molar-refractivity contribution in [3.05, 3.63) is 0 Å². The van der Waals surface area contributed by atoms with E-state index in [1.807, 2.05) is 7.05 Å². The Bertz CT molecular complexity index is 274. The summed E-state index contributed by atoms with van der Waals surface area (Å²) in [5.41, 5.74) is -0.0576. The lowest BCUT2D eigenvalue weighted by Crippen LogP contribution is -2.51. The summed E-state index contributed by atoms with van der Waals surface area (Å²) < 4.78 is 5.35. The van der Waals surface area contributed by atoms with E-state index in [1.54, 1.807) is 0 Å². The van der Waals surface area contributed by atoms with E-state index in [9.17, 15) is 4.79 Å². The molecule has 1 heterocycles. The SMILES string of the molecule is CNC1COCC1C(=O)NC(C)(C)C1CC1. The maximum absolute atomic E-state index is 12.1. The monoisotopic (exact) mass is 226 g/mol. The average molecular weight is 226 g/mol. The molecule has 2 rings (SSSR count). The van der Waals surface area contributed by atoms with Crippen LogP contribution in [0.1, 0.15) is 26.7 Å². The molecule has 2 atom stereocenters. The third-order valence-corrected chi connectivity index (χ3v) is 3.83. The lowest BCUT2D eigenvalue weighted by atomic mass is 9.95. The number of ether oxygens (including phenoxy) is 1. The van der Waals surface area contributed by atoms with Gasteiger partial charge >= 0.3 is 0 Å². The van der Waals surface area contributed by atoms with Crippen molar-refractivity contribution in [1.29, 1.82) is 0 Å². The molecule has 1 aliphatic carbocycles. The molecule has 4 heteroatoms. The van der Waals surface area contributed by atoms with Crippen LogP contribution in [0.3, 0.4) is 0 Å². The number of carbonyl (C=O) groups is 1. The first-order valence-electron chi connectivity index (χ1n) is 6.11. The van der Waals surface area contributed by atoms with Crippen LogP contribution < -0.4 is 10.6 Å². The molecule has 0 bridgehead atoms. The number of rotatable bonds is 4.